The molecule has 2 aromatic carbocycles. The standard InChI is InChI=1S/C20H21ClN4O/c1-12-9-13(2)19(17(21)10-12)25-20-22-14(3)11-18(24-20)23-15-5-7-16(26-4)8-6-15/h5-11H,1-4H3,(H2,22,23,24,25). The Hall–Kier alpha value is -2.79. The van der Waals surface area contributed by atoms with Gasteiger partial charge in [0.1, 0.15) is 11.6 Å². The van der Waals surface area contributed by atoms with Crippen molar-refractivity contribution in [2.75, 3.05) is 17.7 Å². The van der Waals surface area contributed by atoms with Crippen LogP contribution < -0.4 is 15.4 Å². The third-order valence-electron chi connectivity index (χ3n) is 3.89. The largest absolute Gasteiger partial charge is 0.497 e. The van der Waals surface area contributed by atoms with Gasteiger partial charge < -0.3 is 15.4 Å². The molecule has 0 fully saturated rings. The number of aryl methyl sites for hydroxylation is 3. The number of hydrogen-bond acceptors (Lipinski definition) is 5. The zero-order chi connectivity index (χ0) is 18.7. The highest BCUT2D eigenvalue weighted by molar-refractivity contribution is 6.33. The van der Waals surface area contributed by atoms with E-state index in [2.05, 4.69) is 26.7 Å². The number of nitrogens with zero attached hydrogens (tertiary/aromatic N) is 2. The fraction of sp³-hybridized carbons (Fsp3) is 0.200. The molecule has 0 unspecified atom stereocenters. The fourth-order valence-electron chi connectivity index (χ4n) is 2.70. The van der Waals surface area contributed by atoms with Crippen LogP contribution in [0.25, 0.3) is 0 Å². The summed E-state index contributed by atoms with van der Waals surface area (Å²) < 4.78 is 5.18. The van der Waals surface area contributed by atoms with E-state index in [9.17, 15) is 0 Å². The van der Waals surface area contributed by atoms with E-state index in [1.807, 2.05) is 57.2 Å². The van der Waals surface area contributed by atoms with Crippen molar-refractivity contribution in [2.45, 2.75) is 20.8 Å². The van der Waals surface area contributed by atoms with Crippen molar-refractivity contribution in [1.29, 1.82) is 0 Å². The summed E-state index contributed by atoms with van der Waals surface area (Å²) in [5.74, 6) is 2.00. The molecule has 0 saturated heterocycles. The van der Waals surface area contributed by atoms with Crippen LogP contribution in [0, 0.1) is 20.8 Å². The molecule has 6 heteroatoms. The van der Waals surface area contributed by atoms with Gasteiger partial charge in [0.2, 0.25) is 5.95 Å². The maximum Gasteiger partial charge on any atom is 0.229 e. The summed E-state index contributed by atoms with van der Waals surface area (Å²) in [6.07, 6.45) is 0. The van der Waals surface area contributed by atoms with Crippen LogP contribution in [-0.4, -0.2) is 17.1 Å². The number of hydrogen-bond donors (Lipinski definition) is 2. The quantitative estimate of drug-likeness (QED) is 0.618. The third-order valence-corrected chi connectivity index (χ3v) is 4.18. The number of ether oxygens (including phenoxy) is 1. The minimum absolute atomic E-state index is 0.495. The molecule has 0 spiro atoms. The van der Waals surface area contributed by atoms with Gasteiger partial charge in [-0.25, -0.2) is 4.98 Å². The number of halogens is 1. The van der Waals surface area contributed by atoms with E-state index in [1.54, 1.807) is 7.11 Å². The van der Waals surface area contributed by atoms with Crippen LogP contribution in [0.15, 0.2) is 42.5 Å². The topological polar surface area (TPSA) is 59.1 Å². The van der Waals surface area contributed by atoms with Gasteiger partial charge in [-0.05, 0) is 62.2 Å². The van der Waals surface area contributed by atoms with Gasteiger partial charge in [0.25, 0.3) is 0 Å². The van der Waals surface area contributed by atoms with Crippen molar-refractivity contribution in [3.63, 3.8) is 0 Å². The highest BCUT2D eigenvalue weighted by atomic mass is 35.5. The lowest BCUT2D eigenvalue weighted by Crippen LogP contribution is -2.04. The number of aromatic nitrogens is 2. The van der Waals surface area contributed by atoms with Crippen molar-refractivity contribution in [2.24, 2.45) is 0 Å². The molecule has 5 nitrogen and oxygen atoms in total. The second-order valence-electron chi connectivity index (χ2n) is 6.14. The molecule has 26 heavy (non-hydrogen) atoms. The van der Waals surface area contributed by atoms with E-state index in [-0.39, 0.29) is 0 Å². The Labute approximate surface area is 158 Å². The highest BCUT2D eigenvalue weighted by Gasteiger charge is 2.09. The maximum atomic E-state index is 6.38. The van der Waals surface area contributed by atoms with Crippen LogP contribution >= 0.6 is 11.6 Å². The molecule has 0 bridgehead atoms. The molecule has 0 amide bonds. The second kappa shape index (κ2) is 7.62. The van der Waals surface area contributed by atoms with Gasteiger partial charge in [-0.1, -0.05) is 17.7 Å². The summed E-state index contributed by atoms with van der Waals surface area (Å²) >= 11 is 6.38. The van der Waals surface area contributed by atoms with E-state index < -0.39 is 0 Å². The van der Waals surface area contributed by atoms with Crippen molar-refractivity contribution < 1.29 is 4.74 Å². The van der Waals surface area contributed by atoms with E-state index >= 15 is 0 Å². The minimum atomic E-state index is 0.495. The molecule has 0 aliphatic heterocycles. The number of anilines is 4. The highest BCUT2D eigenvalue weighted by Crippen LogP contribution is 2.30. The van der Waals surface area contributed by atoms with Crippen molar-refractivity contribution in [1.82, 2.24) is 9.97 Å². The molecule has 1 aromatic heterocycles. The van der Waals surface area contributed by atoms with Gasteiger partial charge in [0.15, 0.2) is 0 Å². The summed E-state index contributed by atoms with van der Waals surface area (Å²) in [7, 11) is 1.65. The Balaban J connectivity index is 1.85. The van der Waals surface area contributed by atoms with Crippen molar-refractivity contribution in [3.05, 3.63) is 64.3 Å². The Morgan fingerprint density at radius 3 is 2.31 bits per heavy atom. The SMILES string of the molecule is COc1ccc(Nc2cc(C)nc(Nc3c(C)cc(C)cc3Cl)n2)cc1. The molecule has 2 N–H and O–H groups in total. The maximum absolute atomic E-state index is 6.38. The summed E-state index contributed by atoms with van der Waals surface area (Å²) in [4.78, 5) is 9.01. The van der Waals surface area contributed by atoms with E-state index in [1.165, 1.54) is 0 Å². The predicted octanol–water partition coefficient (Wildman–Crippen LogP) is 5.55. The molecule has 134 valence electrons. The van der Waals surface area contributed by atoms with Crippen LogP contribution in [0.4, 0.5) is 23.1 Å². The first-order chi connectivity index (χ1) is 12.4. The lowest BCUT2D eigenvalue weighted by Gasteiger charge is -2.13. The number of nitrogens with one attached hydrogen (secondary N) is 2. The fourth-order valence-corrected chi connectivity index (χ4v) is 3.06. The minimum Gasteiger partial charge on any atom is -0.497 e. The molecule has 1 heterocycles. The van der Waals surface area contributed by atoms with E-state index in [4.69, 9.17) is 16.3 Å². The average molecular weight is 369 g/mol. The second-order valence-corrected chi connectivity index (χ2v) is 6.54. The predicted molar refractivity (Wildman–Crippen MR) is 107 cm³/mol. The molecule has 3 aromatic rings. The summed E-state index contributed by atoms with van der Waals surface area (Å²) in [6, 6.07) is 13.5. The normalized spacial score (nSPS) is 10.5. The number of rotatable bonds is 5. The van der Waals surface area contributed by atoms with Gasteiger partial charge in [-0.3, -0.25) is 0 Å². The molecule has 3 rings (SSSR count). The Morgan fingerprint density at radius 1 is 0.923 bits per heavy atom. The third kappa shape index (κ3) is 4.24. The van der Waals surface area contributed by atoms with Crippen LogP contribution in [0.2, 0.25) is 5.02 Å². The smallest absolute Gasteiger partial charge is 0.229 e. The van der Waals surface area contributed by atoms with Gasteiger partial charge >= 0.3 is 0 Å². The Kier molecular flexibility index (Phi) is 5.28. The number of benzene rings is 2. The monoisotopic (exact) mass is 368 g/mol. The summed E-state index contributed by atoms with van der Waals surface area (Å²) in [6.45, 7) is 5.95. The summed E-state index contributed by atoms with van der Waals surface area (Å²) in [5, 5.41) is 7.17. The summed E-state index contributed by atoms with van der Waals surface area (Å²) in [5.41, 5.74) is 4.74. The molecule has 0 radical (unpaired) electrons. The first-order valence-corrected chi connectivity index (χ1v) is 8.63. The van der Waals surface area contributed by atoms with Crippen molar-refractivity contribution in [3.8, 4) is 5.75 Å². The van der Waals surface area contributed by atoms with Gasteiger partial charge in [-0.15, -0.1) is 0 Å². The molecular formula is C20H21ClN4O. The lowest BCUT2D eigenvalue weighted by atomic mass is 10.1. The van der Waals surface area contributed by atoms with E-state index in [0.717, 1.165) is 33.9 Å². The van der Waals surface area contributed by atoms with Gasteiger partial charge in [0.05, 0.1) is 17.8 Å². The van der Waals surface area contributed by atoms with Crippen LogP contribution in [0.3, 0.4) is 0 Å². The number of methoxy groups -OCH3 is 1. The molecule has 0 saturated carbocycles. The first-order valence-electron chi connectivity index (χ1n) is 8.25. The zero-order valence-electron chi connectivity index (χ0n) is 15.2. The van der Waals surface area contributed by atoms with Crippen LogP contribution in [0.5, 0.6) is 5.75 Å². The van der Waals surface area contributed by atoms with Gasteiger partial charge in [-0.2, -0.15) is 4.98 Å². The first kappa shape index (κ1) is 18.0. The Morgan fingerprint density at radius 2 is 1.65 bits per heavy atom. The molecule has 0 atom stereocenters. The average Bonchev–Trinajstić information content (AvgIpc) is 2.58. The van der Waals surface area contributed by atoms with E-state index in [0.29, 0.717) is 16.8 Å². The molecule has 0 aliphatic carbocycles. The van der Waals surface area contributed by atoms with Crippen LogP contribution in [-0.2, 0) is 0 Å². The van der Waals surface area contributed by atoms with Crippen molar-refractivity contribution >= 4 is 34.7 Å². The lowest BCUT2D eigenvalue weighted by molar-refractivity contribution is 0.415. The van der Waals surface area contributed by atoms with Crippen LogP contribution in [0.1, 0.15) is 16.8 Å². The molecule has 0 aliphatic rings. The molecular weight excluding hydrogens is 348 g/mol. The zero-order valence-corrected chi connectivity index (χ0v) is 16.0. The Bertz CT molecular complexity index is 903. The van der Waals surface area contributed by atoms with Gasteiger partial charge in [0, 0.05) is 17.4 Å².